The molecule has 1 N–H and O–H groups in total. The van der Waals surface area contributed by atoms with E-state index in [1.807, 2.05) is 43.5 Å². The minimum absolute atomic E-state index is 0.0643. The Morgan fingerprint density at radius 1 is 1.32 bits per heavy atom. The Balaban J connectivity index is 2.44. The lowest BCUT2D eigenvalue weighted by atomic mass is 10.1. The van der Waals surface area contributed by atoms with Gasteiger partial charge in [0.1, 0.15) is 11.4 Å². The summed E-state index contributed by atoms with van der Waals surface area (Å²) in [5, 5.41) is 3.96. The largest absolute Gasteiger partial charge is 0.494 e. The first-order valence-electron chi connectivity index (χ1n) is 7.66. The van der Waals surface area contributed by atoms with Crippen molar-refractivity contribution in [1.29, 1.82) is 0 Å². The van der Waals surface area contributed by atoms with Crippen LogP contribution in [0.25, 0.3) is 10.9 Å². The number of hydrogen-bond acceptors (Lipinski definition) is 3. The molecule has 0 atom stereocenters. The Kier molecular flexibility index (Phi) is 5.44. The van der Waals surface area contributed by atoms with E-state index in [-0.39, 0.29) is 5.91 Å². The number of nitrogens with one attached hydrogen (secondary N) is 1. The summed E-state index contributed by atoms with van der Waals surface area (Å²) in [7, 11) is 1.62. The first-order chi connectivity index (χ1) is 10.6. The van der Waals surface area contributed by atoms with Crippen LogP contribution >= 0.6 is 0 Å². The van der Waals surface area contributed by atoms with Gasteiger partial charge in [-0.25, -0.2) is 0 Å². The van der Waals surface area contributed by atoms with Crippen LogP contribution in [0.2, 0.25) is 0 Å². The highest BCUT2D eigenvalue weighted by molar-refractivity contribution is 6.02. The first-order valence-corrected chi connectivity index (χ1v) is 7.66. The molecule has 2 aromatic rings. The molecule has 0 bridgehead atoms. The second kappa shape index (κ2) is 7.31. The molecule has 1 amide bonds. The molecule has 0 aliphatic heterocycles. The van der Waals surface area contributed by atoms with Crippen molar-refractivity contribution in [3.05, 3.63) is 29.5 Å². The zero-order valence-electron chi connectivity index (χ0n) is 13.7. The highest BCUT2D eigenvalue weighted by Gasteiger charge is 2.19. The second-order valence-corrected chi connectivity index (χ2v) is 5.08. The summed E-state index contributed by atoms with van der Waals surface area (Å²) >= 11 is 0. The molecule has 0 fully saturated rings. The summed E-state index contributed by atoms with van der Waals surface area (Å²) in [5.41, 5.74) is 2.75. The number of aromatic nitrogens is 1. The van der Waals surface area contributed by atoms with Gasteiger partial charge < -0.3 is 19.4 Å². The number of carbonyl (C=O) groups excluding carboxylic acids is 1. The molecular formula is C17H24N2O3. The Bertz CT molecular complexity index is 661. The van der Waals surface area contributed by atoms with Gasteiger partial charge in [0.2, 0.25) is 0 Å². The fraction of sp³-hybridized carbons (Fsp3) is 0.471. The predicted octanol–water partition coefficient (Wildman–Crippen LogP) is 2.74. The molecule has 1 aromatic heterocycles. The highest BCUT2D eigenvalue weighted by atomic mass is 16.5. The fourth-order valence-corrected chi connectivity index (χ4v) is 2.73. The molecule has 5 nitrogen and oxygen atoms in total. The van der Waals surface area contributed by atoms with Crippen molar-refractivity contribution in [3.63, 3.8) is 0 Å². The van der Waals surface area contributed by atoms with E-state index in [0.29, 0.717) is 25.5 Å². The summed E-state index contributed by atoms with van der Waals surface area (Å²) in [4.78, 5) is 12.5. The van der Waals surface area contributed by atoms with Gasteiger partial charge in [-0.1, -0.05) is 0 Å². The van der Waals surface area contributed by atoms with Crippen LogP contribution in [-0.4, -0.2) is 37.3 Å². The normalized spacial score (nSPS) is 10.9. The monoisotopic (exact) mass is 304 g/mol. The third kappa shape index (κ3) is 3.09. The van der Waals surface area contributed by atoms with E-state index in [9.17, 15) is 4.79 Å². The number of hydrogen-bond donors (Lipinski definition) is 1. The molecule has 120 valence electrons. The van der Waals surface area contributed by atoms with Crippen molar-refractivity contribution in [1.82, 2.24) is 9.88 Å². The topological polar surface area (TPSA) is 52.5 Å². The molecule has 0 saturated heterocycles. The van der Waals surface area contributed by atoms with Gasteiger partial charge in [-0.2, -0.15) is 0 Å². The lowest BCUT2D eigenvalue weighted by Gasteiger charge is -2.09. The molecule has 1 aromatic carbocycles. The van der Waals surface area contributed by atoms with Crippen LogP contribution in [-0.2, 0) is 11.3 Å². The Labute approximate surface area is 131 Å². The van der Waals surface area contributed by atoms with E-state index < -0.39 is 0 Å². The smallest absolute Gasteiger partial charge is 0.268 e. The van der Waals surface area contributed by atoms with Gasteiger partial charge in [-0.3, -0.25) is 4.79 Å². The van der Waals surface area contributed by atoms with Crippen molar-refractivity contribution < 1.29 is 14.3 Å². The Hall–Kier alpha value is -2.01. The minimum atomic E-state index is -0.0643. The van der Waals surface area contributed by atoms with Crippen LogP contribution in [0.5, 0.6) is 5.75 Å². The number of ether oxygens (including phenoxy) is 2. The molecule has 0 saturated carbocycles. The van der Waals surface area contributed by atoms with Crippen LogP contribution in [0.15, 0.2) is 18.2 Å². The molecule has 0 unspecified atom stereocenters. The molecule has 0 aliphatic carbocycles. The van der Waals surface area contributed by atoms with Crippen molar-refractivity contribution in [2.75, 3.05) is 26.9 Å². The maximum atomic E-state index is 12.5. The van der Waals surface area contributed by atoms with Crippen molar-refractivity contribution in [2.24, 2.45) is 0 Å². The van der Waals surface area contributed by atoms with Crippen molar-refractivity contribution >= 4 is 16.8 Å². The molecule has 0 aliphatic rings. The summed E-state index contributed by atoms with van der Waals surface area (Å²) in [6, 6.07) is 5.97. The number of benzene rings is 1. The number of fused-ring (bicyclic) bond motifs is 1. The van der Waals surface area contributed by atoms with Gasteiger partial charge in [0.25, 0.3) is 5.91 Å². The molecule has 0 spiro atoms. The number of nitrogens with zero attached hydrogens (tertiary/aromatic N) is 1. The van der Waals surface area contributed by atoms with Gasteiger partial charge >= 0.3 is 0 Å². The number of rotatable bonds is 7. The molecule has 0 radical (unpaired) electrons. The van der Waals surface area contributed by atoms with Crippen LogP contribution in [0.3, 0.4) is 0 Å². The van der Waals surface area contributed by atoms with Gasteiger partial charge in [0, 0.05) is 31.1 Å². The number of carbonyl (C=O) groups is 1. The molecule has 1 heterocycles. The SMILES string of the molecule is CCOc1ccc2c(c1)c(C)c(C(=O)NCCOC)n2CC. The zero-order chi connectivity index (χ0) is 16.1. The zero-order valence-corrected chi connectivity index (χ0v) is 13.7. The number of aryl methyl sites for hydroxylation is 2. The fourth-order valence-electron chi connectivity index (χ4n) is 2.73. The second-order valence-electron chi connectivity index (χ2n) is 5.08. The van der Waals surface area contributed by atoms with E-state index in [1.54, 1.807) is 7.11 Å². The van der Waals surface area contributed by atoms with E-state index in [4.69, 9.17) is 9.47 Å². The van der Waals surface area contributed by atoms with E-state index >= 15 is 0 Å². The Morgan fingerprint density at radius 2 is 2.09 bits per heavy atom. The number of methoxy groups -OCH3 is 1. The maximum absolute atomic E-state index is 12.5. The summed E-state index contributed by atoms with van der Waals surface area (Å²) in [6.07, 6.45) is 0. The third-order valence-electron chi connectivity index (χ3n) is 3.72. The number of amides is 1. The summed E-state index contributed by atoms with van der Waals surface area (Å²) in [6.45, 7) is 8.37. The summed E-state index contributed by atoms with van der Waals surface area (Å²) < 4.78 is 12.6. The molecule has 22 heavy (non-hydrogen) atoms. The van der Waals surface area contributed by atoms with Crippen LogP contribution in [0.4, 0.5) is 0 Å². The first kappa shape index (κ1) is 16.4. The quantitative estimate of drug-likeness (QED) is 0.800. The molecule has 5 heteroatoms. The third-order valence-corrected chi connectivity index (χ3v) is 3.72. The van der Waals surface area contributed by atoms with Crippen molar-refractivity contribution in [3.8, 4) is 5.75 Å². The van der Waals surface area contributed by atoms with Gasteiger partial charge in [-0.05, 0) is 44.5 Å². The minimum Gasteiger partial charge on any atom is -0.494 e. The van der Waals surface area contributed by atoms with E-state index in [2.05, 4.69) is 5.32 Å². The van der Waals surface area contributed by atoms with E-state index in [0.717, 1.165) is 28.8 Å². The van der Waals surface area contributed by atoms with Gasteiger partial charge in [0.15, 0.2) is 0 Å². The lowest BCUT2D eigenvalue weighted by molar-refractivity contribution is 0.0928. The standard InChI is InChI=1S/C17H24N2O3/c1-5-19-15-8-7-13(22-6-2)11-14(15)12(3)16(19)17(20)18-9-10-21-4/h7-8,11H,5-6,9-10H2,1-4H3,(H,18,20). The predicted molar refractivity (Wildman–Crippen MR) is 87.7 cm³/mol. The van der Waals surface area contributed by atoms with E-state index in [1.165, 1.54) is 0 Å². The molecule has 2 rings (SSSR count). The highest BCUT2D eigenvalue weighted by Crippen LogP contribution is 2.29. The van der Waals surface area contributed by atoms with Gasteiger partial charge in [0.05, 0.1) is 13.2 Å². The lowest BCUT2D eigenvalue weighted by Crippen LogP contribution is -2.29. The Morgan fingerprint density at radius 3 is 2.73 bits per heavy atom. The van der Waals surface area contributed by atoms with Crippen LogP contribution in [0.1, 0.15) is 29.9 Å². The summed E-state index contributed by atoms with van der Waals surface area (Å²) in [5.74, 6) is 0.767. The van der Waals surface area contributed by atoms with Crippen LogP contribution < -0.4 is 10.1 Å². The van der Waals surface area contributed by atoms with Crippen molar-refractivity contribution in [2.45, 2.75) is 27.3 Å². The molecular weight excluding hydrogens is 280 g/mol. The van der Waals surface area contributed by atoms with Crippen LogP contribution in [0, 0.1) is 6.92 Å². The van der Waals surface area contributed by atoms with Gasteiger partial charge in [-0.15, -0.1) is 0 Å². The average Bonchev–Trinajstić information content (AvgIpc) is 2.80. The average molecular weight is 304 g/mol. The maximum Gasteiger partial charge on any atom is 0.268 e.